The summed E-state index contributed by atoms with van der Waals surface area (Å²) in [6, 6.07) is 0. The molecule has 19 heavy (non-hydrogen) atoms. The monoisotopic (exact) mass is 290 g/mol. The Morgan fingerprint density at radius 3 is 2.89 bits per heavy atom. The molecule has 0 aliphatic carbocycles. The summed E-state index contributed by atoms with van der Waals surface area (Å²) < 4.78 is 22.8. The smallest absolute Gasteiger partial charge is 0.333 e. The molecule has 1 aromatic heterocycles. The summed E-state index contributed by atoms with van der Waals surface area (Å²) in [4.78, 5) is 34.7. The van der Waals surface area contributed by atoms with Gasteiger partial charge in [-0.05, 0) is 6.92 Å². The minimum Gasteiger partial charge on any atom is -0.357 e. The molecule has 0 bridgehead atoms. The number of rotatable bonds is 3. The second-order valence-corrected chi connectivity index (χ2v) is 6.63. The number of aryl methyl sites for hydroxylation is 1. The molecule has 0 spiro atoms. The quantitative estimate of drug-likeness (QED) is 0.756. The third-order valence-corrected chi connectivity index (χ3v) is 4.94. The lowest BCUT2D eigenvalue weighted by molar-refractivity contribution is 0.0523. The number of hydrogen-bond donors (Lipinski definition) is 2. The van der Waals surface area contributed by atoms with E-state index in [0.717, 1.165) is 7.11 Å². The van der Waals surface area contributed by atoms with Crippen LogP contribution in [-0.4, -0.2) is 33.8 Å². The highest BCUT2D eigenvalue weighted by atomic mass is 31.2. The van der Waals surface area contributed by atoms with Gasteiger partial charge in [0.1, 0.15) is 6.23 Å². The molecule has 2 rings (SSSR count). The van der Waals surface area contributed by atoms with Crippen molar-refractivity contribution in [1.29, 1.82) is 0 Å². The fraction of sp³-hybridized carbons (Fsp3) is 0.600. The summed E-state index contributed by atoms with van der Waals surface area (Å²) in [6.07, 6.45) is 0.875. The lowest BCUT2D eigenvalue weighted by Gasteiger charge is -2.15. The van der Waals surface area contributed by atoms with Crippen molar-refractivity contribution in [2.24, 2.45) is 0 Å². The zero-order chi connectivity index (χ0) is 14.2. The minimum absolute atomic E-state index is 0.0247. The fourth-order valence-corrected chi connectivity index (χ4v) is 2.98. The Labute approximate surface area is 108 Å². The third-order valence-electron chi connectivity index (χ3n) is 3.13. The van der Waals surface area contributed by atoms with Crippen LogP contribution in [0.25, 0.3) is 0 Å². The molecule has 9 heteroatoms. The van der Waals surface area contributed by atoms with Crippen molar-refractivity contribution in [3.63, 3.8) is 0 Å². The van der Waals surface area contributed by atoms with Gasteiger partial charge in [0.25, 0.3) is 5.56 Å². The highest BCUT2D eigenvalue weighted by Gasteiger charge is 2.40. The molecule has 0 amide bonds. The zero-order valence-corrected chi connectivity index (χ0v) is 11.4. The second kappa shape index (κ2) is 5.05. The van der Waals surface area contributed by atoms with Crippen molar-refractivity contribution in [3.8, 4) is 0 Å². The molecule has 1 aromatic rings. The van der Waals surface area contributed by atoms with Gasteiger partial charge in [-0.25, -0.2) is 4.79 Å². The minimum atomic E-state index is -3.73. The molecule has 1 saturated heterocycles. The maximum atomic E-state index is 11.7. The van der Waals surface area contributed by atoms with Crippen LogP contribution in [0.5, 0.6) is 0 Å². The molecule has 3 atom stereocenters. The summed E-state index contributed by atoms with van der Waals surface area (Å²) in [5.41, 5.74) is -1.38. The maximum absolute atomic E-state index is 11.7. The van der Waals surface area contributed by atoms with Crippen molar-refractivity contribution in [3.05, 3.63) is 32.6 Å². The molecule has 0 aromatic carbocycles. The van der Waals surface area contributed by atoms with E-state index in [1.165, 1.54) is 10.8 Å². The van der Waals surface area contributed by atoms with Crippen LogP contribution in [0.4, 0.5) is 0 Å². The number of nitrogens with one attached hydrogen (secondary N) is 1. The van der Waals surface area contributed by atoms with Gasteiger partial charge in [0.15, 0.2) is 0 Å². The number of nitrogens with zero attached hydrogens (tertiary/aromatic N) is 1. The average molecular weight is 290 g/mol. The van der Waals surface area contributed by atoms with E-state index in [1.807, 2.05) is 0 Å². The first-order valence-electron chi connectivity index (χ1n) is 5.67. The number of aromatic nitrogens is 2. The van der Waals surface area contributed by atoms with E-state index in [1.54, 1.807) is 6.92 Å². The number of ether oxygens (including phenoxy) is 1. The third kappa shape index (κ3) is 2.71. The van der Waals surface area contributed by atoms with E-state index in [9.17, 15) is 19.0 Å². The van der Waals surface area contributed by atoms with E-state index in [-0.39, 0.29) is 13.0 Å². The first kappa shape index (κ1) is 14.2. The highest BCUT2D eigenvalue weighted by Crippen LogP contribution is 2.52. The molecule has 2 heterocycles. The van der Waals surface area contributed by atoms with Crippen LogP contribution in [0, 0.1) is 6.92 Å². The lowest BCUT2D eigenvalue weighted by atomic mass is 10.3. The maximum Gasteiger partial charge on any atom is 0.333 e. The first-order valence-corrected chi connectivity index (χ1v) is 7.31. The van der Waals surface area contributed by atoms with Crippen LogP contribution >= 0.6 is 7.60 Å². The van der Waals surface area contributed by atoms with Gasteiger partial charge in [-0.1, -0.05) is 0 Å². The number of aromatic amines is 1. The van der Waals surface area contributed by atoms with Crippen LogP contribution in [0.3, 0.4) is 0 Å². The summed E-state index contributed by atoms with van der Waals surface area (Å²) in [5.74, 6) is 0. The first-order chi connectivity index (χ1) is 8.85. The fourth-order valence-electron chi connectivity index (χ4n) is 1.96. The molecule has 1 aliphatic heterocycles. The van der Waals surface area contributed by atoms with E-state index in [4.69, 9.17) is 4.74 Å². The Morgan fingerprint density at radius 2 is 2.26 bits per heavy atom. The molecular formula is C10H15N2O6P. The number of H-pyrrole nitrogens is 1. The highest BCUT2D eigenvalue weighted by molar-refractivity contribution is 7.53. The van der Waals surface area contributed by atoms with E-state index in [0.29, 0.717) is 5.56 Å². The number of hydrogen-bond acceptors (Lipinski definition) is 5. The molecular weight excluding hydrogens is 275 g/mol. The van der Waals surface area contributed by atoms with Gasteiger partial charge >= 0.3 is 13.3 Å². The largest absolute Gasteiger partial charge is 0.357 e. The summed E-state index contributed by atoms with van der Waals surface area (Å²) >= 11 is 0. The predicted octanol–water partition coefficient (Wildman–Crippen LogP) is -0.0357. The van der Waals surface area contributed by atoms with Crippen molar-refractivity contribution >= 4 is 7.60 Å². The molecule has 1 fully saturated rings. The van der Waals surface area contributed by atoms with Crippen LogP contribution in [0.1, 0.15) is 18.2 Å². The molecule has 8 nitrogen and oxygen atoms in total. The van der Waals surface area contributed by atoms with Gasteiger partial charge in [-0.3, -0.25) is 18.9 Å². The van der Waals surface area contributed by atoms with Gasteiger partial charge in [0.05, 0.1) is 12.3 Å². The van der Waals surface area contributed by atoms with Crippen LogP contribution in [0.15, 0.2) is 15.8 Å². The Hall–Kier alpha value is -1.21. The molecule has 2 N–H and O–H groups in total. The molecule has 0 saturated carbocycles. The predicted molar refractivity (Wildman–Crippen MR) is 66.3 cm³/mol. The van der Waals surface area contributed by atoms with Crippen LogP contribution in [0.2, 0.25) is 0 Å². The van der Waals surface area contributed by atoms with Crippen LogP contribution < -0.4 is 11.2 Å². The van der Waals surface area contributed by atoms with Gasteiger partial charge in [0.2, 0.25) is 0 Å². The average Bonchev–Trinajstić information content (AvgIpc) is 2.84. The molecule has 3 unspecified atom stereocenters. The zero-order valence-electron chi connectivity index (χ0n) is 10.5. The Balaban J connectivity index is 2.27. The summed E-state index contributed by atoms with van der Waals surface area (Å²) in [5, 5.41) is 0. The van der Waals surface area contributed by atoms with E-state index < -0.39 is 30.7 Å². The van der Waals surface area contributed by atoms with Gasteiger partial charge in [-0.15, -0.1) is 0 Å². The van der Waals surface area contributed by atoms with Gasteiger partial charge < -0.3 is 14.2 Å². The Bertz CT molecular complexity index is 636. The second-order valence-electron chi connectivity index (χ2n) is 4.40. The normalized spacial score (nSPS) is 26.3. The Kier molecular flexibility index (Phi) is 3.78. The van der Waals surface area contributed by atoms with E-state index >= 15 is 0 Å². The van der Waals surface area contributed by atoms with Crippen LogP contribution in [-0.2, 0) is 13.8 Å². The lowest BCUT2D eigenvalue weighted by Crippen LogP contribution is -2.33. The molecule has 1 aliphatic rings. The topological polar surface area (TPSA) is 111 Å². The van der Waals surface area contributed by atoms with Crippen molar-refractivity contribution in [2.75, 3.05) is 13.7 Å². The van der Waals surface area contributed by atoms with Gasteiger partial charge in [-0.2, -0.15) is 0 Å². The summed E-state index contributed by atoms with van der Waals surface area (Å²) in [7, 11) is -2.57. The van der Waals surface area contributed by atoms with Gasteiger partial charge in [0, 0.05) is 25.3 Å². The Morgan fingerprint density at radius 1 is 1.58 bits per heavy atom. The van der Waals surface area contributed by atoms with Crippen molar-refractivity contribution < 1.29 is 18.7 Å². The van der Waals surface area contributed by atoms with Crippen molar-refractivity contribution in [1.82, 2.24) is 9.55 Å². The molecule has 0 radical (unpaired) electrons. The molecule has 106 valence electrons. The van der Waals surface area contributed by atoms with Crippen molar-refractivity contribution in [2.45, 2.75) is 25.2 Å². The van der Waals surface area contributed by atoms with E-state index in [2.05, 4.69) is 9.51 Å². The SMILES string of the molecule is COP(=O)(O)C1COC(n2cc(C)c(=O)[nH]c2=O)C1. The summed E-state index contributed by atoms with van der Waals surface area (Å²) in [6.45, 7) is 1.59. The standard InChI is InChI=1S/C10H15N2O6P/c1-6-4-12(10(14)11-9(6)13)8-3-7(5-18-8)19(15,16)17-2/h4,7-8H,3,5H2,1-2H3,(H,15,16)(H,11,13,14).